The van der Waals surface area contributed by atoms with Gasteiger partial charge in [-0.3, -0.25) is 10.4 Å². The summed E-state index contributed by atoms with van der Waals surface area (Å²) in [6, 6.07) is 5.72. The van der Waals surface area contributed by atoms with Gasteiger partial charge in [-0.25, -0.2) is 0 Å². The Morgan fingerprint density at radius 3 is 2.64 bits per heavy atom. The van der Waals surface area contributed by atoms with E-state index in [0.717, 1.165) is 11.1 Å². The number of ether oxygens (including phenoxy) is 2. The fraction of sp³-hybridized carbons (Fsp3) is 0.357. The number of rotatable bonds is 4. The van der Waals surface area contributed by atoms with Crippen molar-refractivity contribution in [3.05, 3.63) is 23.3 Å². The Morgan fingerprint density at radius 1 is 1.45 bits per heavy atom. The minimum absolute atomic E-state index is 0. The van der Waals surface area contributed by atoms with E-state index >= 15 is 0 Å². The number of methoxy groups -OCH3 is 2. The zero-order chi connectivity index (χ0) is 15.4. The lowest BCUT2D eigenvalue weighted by Gasteiger charge is -2.22. The van der Waals surface area contributed by atoms with Crippen molar-refractivity contribution in [3.63, 3.8) is 0 Å². The van der Waals surface area contributed by atoms with Crippen molar-refractivity contribution >= 4 is 39.6 Å². The zero-order valence-electron chi connectivity index (χ0n) is 12.3. The highest BCUT2D eigenvalue weighted by Gasteiger charge is 2.23. The monoisotopic (exact) mass is 384 g/mol. The summed E-state index contributed by atoms with van der Waals surface area (Å²) in [6.07, 6.45) is 0.682. The first-order valence-corrected chi connectivity index (χ1v) is 7.27. The third-order valence-corrected chi connectivity index (χ3v) is 4.03. The Morgan fingerprint density at radius 2 is 2.09 bits per heavy atom. The van der Waals surface area contributed by atoms with Crippen LogP contribution in [0.3, 0.4) is 0 Å². The van der Waals surface area contributed by atoms with Crippen LogP contribution in [0, 0.1) is 16.7 Å². The third kappa shape index (κ3) is 3.93. The number of fused-ring (bicyclic) bond motifs is 1. The Hall–Kier alpha value is -1.72. The van der Waals surface area contributed by atoms with Crippen LogP contribution in [-0.4, -0.2) is 36.9 Å². The fourth-order valence-electron chi connectivity index (χ4n) is 2.23. The molecule has 8 heteroatoms. The molecule has 22 heavy (non-hydrogen) atoms. The summed E-state index contributed by atoms with van der Waals surface area (Å²) in [7, 11) is 3.14. The largest absolute Gasteiger partial charge is 0.493 e. The van der Waals surface area contributed by atoms with Crippen LogP contribution in [0.1, 0.15) is 11.1 Å². The second-order valence-electron chi connectivity index (χ2n) is 4.49. The molecule has 0 fully saturated rings. The van der Waals surface area contributed by atoms with Gasteiger partial charge in [0.2, 0.25) is 0 Å². The first kappa shape index (κ1) is 18.3. The second-order valence-corrected chi connectivity index (χ2v) is 5.55. The molecule has 0 aromatic heterocycles. The molecule has 1 aromatic rings. The summed E-state index contributed by atoms with van der Waals surface area (Å²) in [5.74, 6) is 1.79. The maximum absolute atomic E-state index is 9.30. The topological polar surface area (TPSA) is 104 Å². The summed E-state index contributed by atoms with van der Waals surface area (Å²) < 4.78 is 10.6. The summed E-state index contributed by atoms with van der Waals surface area (Å²) in [4.78, 5) is 4.43. The fourth-order valence-corrected chi connectivity index (χ4v) is 2.80. The number of hydrogen-bond donors (Lipinski definition) is 2. The van der Waals surface area contributed by atoms with E-state index in [-0.39, 0.29) is 28.2 Å². The molecule has 1 heterocycles. The minimum atomic E-state index is -0.0702. The highest BCUT2D eigenvalue weighted by Crippen LogP contribution is 2.33. The van der Waals surface area contributed by atoms with Crippen molar-refractivity contribution in [2.45, 2.75) is 12.5 Å². The smallest absolute Gasteiger partial charge is 0.161 e. The number of hydrogen-bond acceptors (Lipinski definition) is 6. The lowest BCUT2D eigenvalue weighted by molar-refractivity contribution is 0.354. The Bertz CT molecular complexity index is 642. The number of halogens is 1. The molecule has 1 aromatic carbocycles. The van der Waals surface area contributed by atoms with Crippen LogP contribution in [0.25, 0.3) is 0 Å². The van der Waals surface area contributed by atoms with E-state index in [9.17, 15) is 5.26 Å². The maximum Gasteiger partial charge on any atom is 0.161 e. The van der Waals surface area contributed by atoms with Crippen molar-refractivity contribution < 1.29 is 9.47 Å². The molecule has 0 saturated heterocycles. The van der Waals surface area contributed by atoms with Crippen LogP contribution in [-0.2, 0) is 6.42 Å². The van der Waals surface area contributed by atoms with Gasteiger partial charge in [-0.2, -0.15) is 5.26 Å². The molecule has 0 bridgehead atoms. The Labute approximate surface area is 144 Å². The SMILES string of the molecule is Br.COc1cc2c(cc1OC)C(C#N)=NC(CSC(=N)N)C2. The van der Waals surface area contributed by atoms with Gasteiger partial charge < -0.3 is 15.2 Å². The lowest BCUT2D eigenvalue weighted by atomic mass is 9.94. The molecule has 1 atom stereocenters. The summed E-state index contributed by atoms with van der Waals surface area (Å²) >= 11 is 1.23. The zero-order valence-corrected chi connectivity index (χ0v) is 14.8. The van der Waals surface area contributed by atoms with Gasteiger partial charge in [0.15, 0.2) is 16.7 Å². The van der Waals surface area contributed by atoms with Gasteiger partial charge in [0.1, 0.15) is 11.8 Å². The molecule has 0 spiro atoms. The van der Waals surface area contributed by atoms with Gasteiger partial charge >= 0.3 is 0 Å². The highest BCUT2D eigenvalue weighted by atomic mass is 79.9. The van der Waals surface area contributed by atoms with E-state index in [0.29, 0.717) is 29.4 Å². The summed E-state index contributed by atoms with van der Waals surface area (Å²) in [5, 5.41) is 16.6. The number of amidine groups is 1. The average Bonchev–Trinajstić information content (AvgIpc) is 2.50. The van der Waals surface area contributed by atoms with Gasteiger partial charge in [-0.1, -0.05) is 11.8 Å². The van der Waals surface area contributed by atoms with Crippen molar-refractivity contribution in [2.75, 3.05) is 20.0 Å². The van der Waals surface area contributed by atoms with Gasteiger partial charge in [0.05, 0.1) is 20.3 Å². The average molecular weight is 385 g/mol. The normalized spacial score (nSPS) is 15.7. The Balaban J connectivity index is 0.00000242. The molecule has 118 valence electrons. The van der Waals surface area contributed by atoms with E-state index in [1.54, 1.807) is 20.3 Å². The molecule has 0 saturated carbocycles. The number of nitrogens with zero attached hydrogens (tertiary/aromatic N) is 2. The Kier molecular flexibility index (Phi) is 6.71. The number of thioether (sulfide) groups is 1. The molecule has 3 N–H and O–H groups in total. The molecular weight excluding hydrogens is 368 g/mol. The maximum atomic E-state index is 9.30. The first-order chi connectivity index (χ1) is 10.1. The van der Waals surface area contributed by atoms with Gasteiger partial charge in [-0.15, -0.1) is 17.0 Å². The van der Waals surface area contributed by atoms with Gasteiger partial charge in [0, 0.05) is 11.3 Å². The molecule has 0 radical (unpaired) electrons. The van der Waals surface area contributed by atoms with Crippen LogP contribution < -0.4 is 15.2 Å². The number of nitrogens with two attached hydrogens (primary N) is 1. The van der Waals surface area contributed by atoms with Gasteiger partial charge in [0.25, 0.3) is 0 Å². The van der Waals surface area contributed by atoms with Crippen LogP contribution in [0.5, 0.6) is 11.5 Å². The molecule has 1 aliphatic heterocycles. The molecule has 1 aliphatic rings. The van der Waals surface area contributed by atoms with Gasteiger partial charge in [-0.05, 0) is 24.1 Å². The molecule has 1 unspecified atom stereocenters. The predicted molar refractivity (Wildman–Crippen MR) is 93.9 cm³/mol. The highest BCUT2D eigenvalue weighted by molar-refractivity contribution is 8.93. The van der Waals surface area contributed by atoms with Crippen LogP contribution >= 0.6 is 28.7 Å². The predicted octanol–water partition coefficient (Wildman–Crippen LogP) is 2.15. The minimum Gasteiger partial charge on any atom is -0.493 e. The molecule has 6 nitrogen and oxygen atoms in total. The first-order valence-electron chi connectivity index (χ1n) is 6.29. The molecule has 2 rings (SSSR count). The van der Waals surface area contributed by atoms with Crippen molar-refractivity contribution in [2.24, 2.45) is 10.7 Å². The van der Waals surface area contributed by atoms with Crippen molar-refractivity contribution in [1.29, 1.82) is 10.7 Å². The van der Waals surface area contributed by atoms with E-state index in [4.69, 9.17) is 20.6 Å². The number of benzene rings is 1. The lowest BCUT2D eigenvalue weighted by Crippen LogP contribution is -2.23. The number of aliphatic imine (C=N–C) groups is 1. The summed E-state index contributed by atoms with van der Waals surface area (Å²) in [6.45, 7) is 0. The van der Waals surface area contributed by atoms with Crippen molar-refractivity contribution in [3.8, 4) is 17.6 Å². The molecule has 0 amide bonds. The van der Waals surface area contributed by atoms with Crippen molar-refractivity contribution in [1.82, 2.24) is 0 Å². The van der Waals surface area contributed by atoms with E-state index in [1.807, 2.05) is 6.07 Å². The van der Waals surface area contributed by atoms with E-state index in [2.05, 4.69) is 11.1 Å². The van der Waals surface area contributed by atoms with E-state index in [1.165, 1.54) is 11.8 Å². The van der Waals surface area contributed by atoms with Crippen LogP contribution in [0.4, 0.5) is 0 Å². The van der Waals surface area contributed by atoms with Crippen LogP contribution in [0.15, 0.2) is 17.1 Å². The van der Waals surface area contributed by atoms with Crippen LogP contribution in [0.2, 0.25) is 0 Å². The number of nitriles is 1. The van der Waals surface area contributed by atoms with E-state index < -0.39 is 0 Å². The second kappa shape index (κ2) is 8.06. The summed E-state index contributed by atoms with van der Waals surface area (Å²) in [5.41, 5.74) is 7.50. The standard InChI is InChI=1S/C14H16N4O2S.BrH/c1-19-12-4-8-3-9(7-21-14(16)17)18-11(6-15)10(8)5-13(12)20-2;/h4-5,9H,3,7H2,1-2H3,(H3,16,17);1H. The molecular formula is C14H17BrN4O2S. The molecule has 0 aliphatic carbocycles. The number of nitrogens with one attached hydrogen (secondary N) is 1. The quantitative estimate of drug-likeness (QED) is 0.611. The third-order valence-electron chi connectivity index (χ3n) is 3.17.